The van der Waals surface area contributed by atoms with E-state index in [0.29, 0.717) is 0 Å². The molecular weight excluding hydrogens is 230 g/mol. The normalized spacial score (nSPS) is 24.2. The minimum absolute atomic E-state index is 0.508. The Bertz CT molecular complexity index is 302. The second kappa shape index (κ2) is 5.09. The van der Waals surface area contributed by atoms with E-state index in [4.69, 9.17) is 10.2 Å². The first-order chi connectivity index (χ1) is 7.82. The van der Waals surface area contributed by atoms with Crippen molar-refractivity contribution < 1.29 is 30.0 Å². The predicted octanol–water partition coefficient (Wildman–Crippen LogP) is -2.55. The van der Waals surface area contributed by atoms with Crippen molar-refractivity contribution in [1.82, 2.24) is 4.90 Å². The third kappa shape index (κ3) is 2.32. The van der Waals surface area contributed by atoms with Gasteiger partial charge in [-0.05, 0) is 13.8 Å². The first-order valence-electron chi connectivity index (χ1n) is 5.34. The van der Waals surface area contributed by atoms with Crippen LogP contribution in [0.2, 0.25) is 0 Å². The lowest BCUT2D eigenvalue weighted by Crippen LogP contribution is -2.66. The van der Waals surface area contributed by atoms with Gasteiger partial charge in [-0.15, -0.1) is 0 Å². The molecule has 0 aliphatic carbocycles. The lowest BCUT2D eigenvalue weighted by Gasteiger charge is -2.42. The molecule has 1 aliphatic heterocycles. The average Bonchev–Trinajstić information content (AvgIpc) is 2.32. The van der Waals surface area contributed by atoms with Crippen LogP contribution in [0.4, 0.5) is 0 Å². The van der Waals surface area contributed by atoms with E-state index in [1.165, 1.54) is 13.8 Å². The molecule has 0 aromatic heterocycles. The van der Waals surface area contributed by atoms with Gasteiger partial charge in [-0.1, -0.05) is 0 Å². The molecule has 17 heavy (non-hydrogen) atoms. The number of hydrogen-bond donors (Lipinski definition) is 4. The van der Waals surface area contributed by atoms with Gasteiger partial charge in [-0.3, -0.25) is 14.5 Å². The molecule has 7 nitrogen and oxygen atoms in total. The summed E-state index contributed by atoms with van der Waals surface area (Å²) in [5, 5.41) is 37.3. The molecule has 1 fully saturated rings. The van der Waals surface area contributed by atoms with Gasteiger partial charge in [0, 0.05) is 0 Å². The summed E-state index contributed by atoms with van der Waals surface area (Å²) < 4.78 is 0. The maximum absolute atomic E-state index is 11.4. The van der Waals surface area contributed by atoms with Crippen molar-refractivity contribution >= 4 is 11.8 Å². The van der Waals surface area contributed by atoms with Crippen molar-refractivity contribution in [2.24, 2.45) is 5.92 Å². The number of aliphatic hydroxyl groups is 4. The van der Waals surface area contributed by atoms with Crippen molar-refractivity contribution in [1.29, 1.82) is 0 Å². The number of likely N-dealkylation sites (tertiary alicyclic amines) is 1. The van der Waals surface area contributed by atoms with Gasteiger partial charge in [-0.25, -0.2) is 0 Å². The SMILES string of the molecule is CC1C(=O)N([C@H](CO)[C@@H](O)[C@H](O)[C@H](C)O)C1=O. The van der Waals surface area contributed by atoms with Gasteiger partial charge in [0.15, 0.2) is 0 Å². The van der Waals surface area contributed by atoms with Gasteiger partial charge in [0.2, 0.25) is 11.8 Å². The second-order valence-electron chi connectivity index (χ2n) is 4.24. The molecule has 0 radical (unpaired) electrons. The van der Waals surface area contributed by atoms with Crippen LogP contribution >= 0.6 is 0 Å². The van der Waals surface area contributed by atoms with E-state index in [2.05, 4.69) is 0 Å². The fourth-order valence-electron chi connectivity index (χ4n) is 1.75. The molecule has 1 heterocycles. The van der Waals surface area contributed by atoms with Crippen LogP contribution in [-0.2, 0) is 9.59 Å². The third-order valence-electron chi connectivity index (χ3n) is 2.97. The zero-order valence-electron chi connectivity index (χ0n) is 9.65. The van der Waals surface area contributed by atoms with Crippen LogP contribution in [0.5, 0.6) is 0 Å². The van der Waals surface area contributed by atoms with Gasteiger partial charge in [0.1, 0.15) is 18.1 Å². The quantitative estimate of drug-likeness (QED) is 0.314. The van der Waals surface area contributed by atoms with Crippen molar-refractivity contribution in [3.8, 4) is 0 Å². The van der Waals surface area contributed by atoms with Crippen LogP contribution in [0.15, 0.2) is 0 Å². The van der Waals surface area contributed by atoms with Gasteiger partial charge in [0.05, 0.1) is 18.8 Å². The molecule has 4 N–H and O–H groups in total. The summed E-state index contributed by atoms with van der Waals surface area (Å²) in [6, 6.07) is -1.23. The van der Waals surface area contributed by atoms with Crippen LogP contribution in [0.1, 0.15) is 13.8 Å². The predicted molar refractivity (Wildman–Crippen MR) is 55.6 cm³/mol. The van der Waals surface area contributed by atoms with E-state index < -0.39 is 48.7 Å². The zero-order chi connectivity index (χ0) is 13.3. The number of carbonyl (C=O) groups excluding carboxylic acids is 2. The van der Waals surface area contributed by atoms with E-state index in [0.717, 1.165) is 4.90 Å². The smallest absolute Gasteiger partial charge is 0.241 e. The molecule has 1 rings (SSSR count). The van der Waals surface area contributed by atoms with Gasteiger partial charge in [-0.2, -0.15) is 0 Å². The largest absolute Gasteiger partial charge is 0.394 e. The molecule has 1 saturated heterocycles. The summed E-state index contributed by atoms with van der Waals surface area (Å²) in [5.41, 5.74) is 0. The highest BCUT2D eigenvalue weighted by Crippen LogP contribution is 2.24. The lowest BCUT2D eigenvalue weighted by atomic mass is 9.92. The summed E-state index contributed by atoms with van der Waals surface area (Å²) in [6.07, 6.45) is -4.35. The molecule has 0 spiro atoms. The van der Waals surface area contributed by atoms with E-state index in [9.17, 15) is 19.8 Å². The zero-order valence-corrected chi connectivity index (χ0v) is 9.65. The number of β-lactam (4-membered cyclic amide) rings is 2. The van der Waals surface area contributed by atoms with E-state index in [1.54, 1.807) is 0 Å². The minimum atomic E-state index is -1.58. The molecular formula is C10H17NO6. The van der Waals surface area contributed by atoms with Crippen molar-refractivity contribution in [3.05, 3.63) is 0 Å². The molecule has 0 bridgehead atoms. The maximum Gasteiger partial charge on any atom is 0.241 e. The summed E-state index contributed by atoms with van der Waals surface area (Å²) in [6.45, 7) is 2.01. The Hall–Kier alpha value is -1.02. The number of nitrogens with zero attached hydrogens (tertiary/aromatic N) is 1. The van der Waals surface area contributed by atoms with Crippen molar-refractivity contribution in [2.75, 3.05) is 6.61 Å². The molecule has 98 valence electrons. The van der Waals surface area contributed by atoms with Gasteiger partial charge < -0.3 is 20.4 Å². The van der Waals surface area contributed by atoms with Crippen LogP contribution < -0.4 is 0 Å². The molecule has 1 aliphatic rings. The highest BCUT2D eigenvalue weighted by atomic mass is 16.4. The van der Waals surface area contributed by atoms with Gasteiger partial charge in [0.25, 0.3) is 0 Å². The Kier molecular flexibility index (Phi) is 4.21. The number of amides is 2. The number of rotatable bonds is 5. The molecule has 0 saturated carbocycles. The molecule has 2 amide bonds. The molecule has 0 aromatic carbocycles. The van der Waals surface area contributed by atoms with Crippen LogP contribution in [0.25, 0.3) is 0 Å². The van der Waals surface area contributed by atoms with Crippen molar-refractivity contribution in [2.45, 2.75) is 38.2 Å². The Morgan fingerprint density at radius 2 is 1.65 bits per heavy atom. The maximum atomic E-state index is 11.4. The average molecular weight is 247 g/mol. The van der Waals surface area contributed by atoms with Crippen LogP contribution in [-0.4, -0.2) is 68.1 Å². The highest BCUT2D eigenvalue weighted by molar-refractivity contribution is 6.17. The Balaban J connectivity index is 2.79. The van der Waals surface area contributed by atoms with Crippen LogP contribution in [0.3, 0.4) is 0 Å². The Labute approximate surface area is 98.3 Å². The number of imide groups is 1. The monoisotopic (exact) mass is 247 g/mol. The topological polar surface area (TPSA) is 118 Å². The first-order valence-corrected chi connectivity index (χ1v) is 5.34. The third-order valence-corrected chi connectivity index (χ3v) is 2.97. The summed E-state index contributed by atoms with van der Waals surface area (Å²) in [7, 11) is 0. The number of carbonyl (C=O) groups is 2. The number of aliphatic hydroxyl groups excluding tert-OH is 4. The fraction of sp³-hybridized carbons (Fsp3) is 0.800. The van der Waals surface area contributed by atoms with E-state index >= 15 is 0 Å². The molecule has 4 atom stereocenters. The molecule has 0 unspecified atom stereocenters. The highest BCUT2D eigenvalue weighted by Gasteiger charge is 2.49. The molecule has 7 heteroatoms. The van der Waals surface area contributed by atoms with Crippen molar-refractivity contribution in [3.63, 3.8) is 0 Å². The summed E-state index contributed by atoms with van der Waals surface area (Å²) >= 11 is 0. The summed E-state index contributed by atoms with van der Waals surface area (Å²) in [4.78, 5) is 23.5. The van der Waals surface area contributed by atoms with Crippen LogP contribution in [0, 0.1) is 5.92 Å². The summed E-state index contributed by atoms with van der Waals surface area (Å²) in [5.74, 6) is -1.79. The van der Waals surface area contributed by atoms with E-state index in [-0.39, 0.29) is 0 Å². The Morgan fingerprint density at radius 1 is 1.18 bits per heavy atom. The standard InChI is InChI=1S/C10H17NO6/c1-4-9(16)11(10(4)17)6(3-12)8(15)7(14)5(2)13/h4-8,12-15H,3H2,1-2H3/t5-,6+,7+,8+/m0/s1. The molecule has 0 aromatic rings. The fourth-order valence-corrected chi connectivity index (χ4v) is 1.75. The minimum Gasteiger partial charge on any atom is -0.394 e. The Morgan fingerprint density at radius 3 is 2.00 bits per heavy atom. The van der Waals surface area contributed by atoms with Gasteiger partial charge >= 0.3 is 0 Å². The van der Waals surface area contributed by atoms with E-state index in [1.807, 2.05) is 0 Å². The first kappa shape index (κ1) is 14.0. The number of hydrogen-bond acceptors (Lipinski definition) is 6. The second-order valence-corrected chi connectivity index (χ2v) is 4.24. The lowest BCUT2D eigenvalue weighted by molar-refractivity contribution is -0.177.